The van der Waals surface area contributed by atoms with Gasteiger partial charge in [0, 0.05) is 12.3 Å². The van der Waals surface area contributed by atoms with Crippen molar-refractivity contribution in [2.75, 3.05) is 20.3 Å². The van der Waals surface area contributed by atoms with Gasteiger partial charge < -0.3 is 19.8 Å². The molecule has 0 radical (unpaired) electrons. The highest BCUT2D eigenvalue weighted by molar-refractivity contribution is 5.96. The summed E-state index contributed by atoms with van der Waals surface area (Å²) in [6.07, 6.45) is 2.98. The second kappa shape index (κ2) is 7.11. The zero-order valence-corrected chi connectivity index (χ0v) is 14.4. The largest absolute Gasteiger partial charge is 0.496 e. The van der Waals surface area contributed by atoms with E-state index in [1.165, 1.54) is 24.9 Å². The van der Waals surface area contributed by atoms with Gasteiger partial charge in [-0.3, -0.25) is 9.59 Å². The van der Waals surface area contributed by atoms with Crippen LogP contribution in [0, 0.1) is 0 Å². The van der Waals surface area contributed by atoms with Gasteiger partial charge in [0.15, 0.2) is 0 Å². The number of benzene rings is 1. The van der Waals surface area contributed by atoms with Gasteiger partial charge in [-0.15, -0.1) is 0 Å². The maximum atomic E-state index is 12.6. The maximum Gasteiger partial charge on any atom is 0.256 e. The van der Waals surface area contributed by atoms with Crippen molar-refractivity contribution >= 4 is 5.91 Å². The van der Waals surface area contributed by atoms with Crippen molar-refractivity contribution in [3.8, 4) is 5.75 Å². The molecule has 0 saturated heterocycles. The van der Waals surface area contributed by atoms with Crippen LogP contribution < -0.4 is 15.6 Å². The van der Waals surface area contributed by atoms with Gasteiger partial charge in [-0.2, -0.15) is 0 Å². The van der Waals surface area contributed by atoms with Crippen LogP contribution >= 0.6 is 0 Å². The van der Waals surface area contributed by atoms with E-state index in [1.54, 1.807) is 0 Å². The van der Waals surface area contributed by atoms with Crippen LogP contribution in [0.4, 0.5) is 0 Å². The molecule has 2 aromatic rings. The molecule has 1 aromatic heterocycles. The minimum Gasteiger partial charge on any atom is -0.496 e. The van der Waals surface area contributed by atoms with E-state index in [2.05, 4.69) is 29.4 Å². The number of carbonyl (C=O) groups excluding carboxylic acids is 1. The molecule has 0 spiro atoms. The third-order valence-corrected chi connectivity index (χ3v) is 4.71. The Morgan fingerprint density at radius 2 is 2.20 bits per heavy atom. The van der Waals surface area contributed by atoms with Crippen molar-refractivity contribution in [2.24, 2.45) is 0 Å². The number of rotatable bonds is 5. The number of hydrogen-bond donors (Lipinski definition) is 2. The number of aromatic nitrogens is 1. The molecule has 1 amide bonds. The van der Waals surface area contributed by atoms with Crippen LogP contribution in [0.1, 0.15) is 34.8 Å². The Morgan fingerprint density at radius 1 is 1.40 bits per heavy atom. The molecule has 2 N–H and O–H groups in total. The lowest BCUT2D eigenvalue weighted by molar-refractivity contribution is -0.0606. The molecule has 0 bridgehead atoms. The summed E-state index contributed by atoms with van der Waals surface area (Å²) in [4.78, 5) is 26.5. The number of amides is 1. The van der Waals surface area contributed by atoms with Crippen molar-refractivity contribution in [2.45, 2.75) is 25.4 Å². The molecule has 1 atom stereocenters. The Kier molecular flexibility index (Phi) is 4.90. The van der Waals surface area contributed by atoms with Crippen molar-refractivity contribution in [1.29, 1.82) is 0 Å². The molecular weight excluding hydrogens is 320 g/mol. The summed E-state index contributed by atoms with van der Waals surface area (Å²) in [6, 6.07) is 9.44. The topological polar surface area (TPSA) is 80.4 Å². The van der Waals surface area contributed by atoms with Crippen LogP contribution in [0.15, 0.2) is 41.3 Å². The number of H-pyrrole nitrogens is 1. The number of ether oxygens (including phenoxy) is 2. The number of aromatic amines is 1. The molecule has 0 fully saturated rings. The fourth-order valence-electron chi connectivity index (χ4n) is 3.30. The van der Waals surface area contributed by atoms with Gasteiger partial charge in [0.05, 0.1) is 25.8 Å². The van der Waals surface area contributed by atoms with E-state index in [1.807, 2.05) is 12.1 Å². The van der Waals surface area contributed by atoms with Gasteiger partial charge in [-0.05, 0) is 24.0 Å². The molecule has 25 heavy (non-hydrogen) atoms. The predicted molar refractivity (Wildman–Crippen MR) is 94.0 cm³/mol. The first kappa shape index (κ1) is 17.2. The number of pyridine rings is 1. The smallest absolute Gasteiger partial charge is 0.256 e. The summed E-state index contributed by atoms with van der Waals surface area (Å²) in [7, 11) is 1.43. The zero-order valence-electron chi connectivity index (χ0n) is 14.4. The minimum absolute atomic E-state index is 0.247. The molecular formula is C19H22N2O4. The van der Waals surface area contributed by atoms with E-state index >= 15 is 0 Å². The Balaban J connectivity index is 1.83. The number of nitrogens with one attached hydrogen (secondary N) is 2. The van der Waals surface area contributed by atoms with E-state index in [4.69, 9.17) is 9.47 Å². The highest BCUT2D eigenvalue weighted by Crippen LogP contribution is 2.35. The number of carbonyl (C=O) groups is 1. The predicted octanol–water partition coefficient (Wildman–Crippen LogP) is 1.99. The van der Waals surface area contributed by atoms with Crippen LogP contribution in [0.5, 0.6) is 5.75 Å². The quantitative estimate of drug-likeness (QED) is 0.871. The van der Waals surface area contributed by atoms with Gasteiger partial charge >= 0.3 is 0 Å². The fraction of sp³-hybridized carbons (Fsp3) is 0.368. The number of fused-ring (bicyclic) bond motifs is 1. The van der Waals surface area contributed by atoms with Crippen LogP contribution in [0.3, 0.4) is 0 Å². The summed E-state index contributed by atoms with van der Waals surface area (Å²) >= 11 is 0. The van der Waals surface area contributed by atoms with Crippen LogP contribution in [0.2, 0.25) is 0 Å². The number of methoxy groups -OCH3 is 1. The van der Waals surface area contributed by atoms with Crippen molar-refractivity contribution in [1.82, 2.24) is 10.3 Å². The Hall–Kier alpha value is -2.60. The molecule has 6 heteroatoms. The molecule has 6 nitrogen and oxygen atoms in total. The first-order chi connectivity index (χ1) is 12.1. The fourth-order valence-corrected chi connectivity index (χ4v) is 3.30. The number of hydrogen-bond acceptors (Lipinski definition) is 4. The van der Waals surface area contributed by atoms with Crippen molar-refractivity contribution < 1.29 is 14.3 Å². The summed E-state index contributed by atoms with van der Waals surface area (Å²) in [5, 5.41) is 2.93. The molecule has 132 valence electrons. The Morgan fingerprint density at radius 3 is 2.96 bits per heavy atom. The van der Waals surface area contributed by atoms with Gasteiger partial charge in [0.2, 0.25) is 0 Å². The van der Waals surface area contributed by atoms with Crippen LogP contribution in [-0.2, 0) is 16.8 Å². The summed E-state index contributed by atoms with van der Waals surface area (Å²) in [5.74, 6) is -0.0654. The van der Waals surface area contributed by atoms with Crippen LogP contribution in [0.25, 0.3) is 0 Å². The monoisotopic (exact) mass is 342 g/mol. The van der Waals surface area contributed by atoms with Crippen molar-refractivity contribution in [3.63, 3.8) is 0 Å². The highest BCUT2D eigenvalue weighted by atomic mass is 16.5. The normalized spacial score (nSPS) is 19.1. The zero-order chi connectivity index (χ0) is 17.9. The molecule has 1 aliphatic rings. The molecule has 0 aliphatic carbocycles. The second-order valence-electron chi connectivity index (χ2n) is 6.07. The van der Waals surface area contributed by atoms with Gasteiger partial charge in [0.25, 0.3) is 11.5 Å². The molecule has 2 heterocycles. The van der Waals surface area contributed by atoms with E-state index < -0.39 is 5.60 Å². The average molecular weight is 342 g/mol. The first-order valence-corrected chi connectivity index (χ1v) is 8.37. The van der Waals surface area contributed by atoms with Gasteiger partial charge in [-0.25, -0.2) is 0 Å². The Labute approximate surface area is 146 Å². The molecule has 1 aromatic carbocycles. The molecule has 1 unspecified atom stereocenters. The van der Waals surface area contributed by atoms with Crippen molar-refractivity contribution in [3.05, 3.63) is 63.6 Å². The molecule has 0 saturated carbocycles. The summed E-state index contributed by atoms with van der Waals surface area (Å²) in [6.45, 7) is 3.03. The van der Waals surface area contributed by atoms with E-state index in [0.29, 0.717) is 13.2 Å². The molecule has 1 aliphatic heterocycles. The lowest BCUT2D eigenvalue weighted by Crippen LogP contribution is -2.45. The van der Waals surface area contributed by atoms with E-state index in [9.17, 15) is 9.59 Å². The SMILES string of the molecule is CCC1(CNC(=O)c2c[nH]c(=O)cc2OC)OCCc2ccccc21. The second-order valence-corrected chi connectivity index (χ2v) is 6.07. The first-order valence-electron chi connectivity index (χ1n) is 8.37. The van der Waals surface area contributed by atoms with Gasteiger partial charge in [0.1, 0.15) is 11.4 Å². The maximum absolute atomic E-state index is 12.6. The van der Waals surface area contributed by atoms with Gasteiger partial charge in [-0.1, -0.05) is 31.2 Å². The van der Waals surface area contributed by atoms with E-state index in [-0.39, 0.29) is 22.8 Å². The lowest BCUT2D eigenvalue weighted by Gasteiger charge is -2.38. The third kappa shape index (κ3) is 3.30. The van der Waals surface area contributed by atoms with Crippen LogP contribution in [-0.4, -0.2) is 31.2 Å². The molecule has 3 rings (SSSR count). The highest BCUT2D eigenvalue weighted by Gasteiger charge is 2.36. The third-order valence-electron chi connectivity index (χ3n) is 4.71. The van der Waals surface area contributed by atoms with E-state index in [0.717, 1.165) is 18.4 Å². The average Bonchev–Trinajstić information content (AvgIpc) is 2.65. The summed E-state index contributed by atoms with van der Waals surface area (Å²) < 4.78 is 11.2. The minimum atomic E-state index is -0.542. The lowest BCUT2D eigenvalue weighted by atomic mass is 9.84. The Bertz CT molecular complexity index is 830. The summed E-state index contributed by atoms with van der Waals surface area (Å²) in [5.41, 5.74) is 1.81. The standard InChI is InChI=1S/C19H22N2O4/c1-3-19(15-7-5-4-6-13(15)8-9-25-19)12-21-18(23)14-11-20-17(22)10-16(14)24-2/h4-7,10-11H,3,8-9,12H2,1-2H3,(H,20,22)(H,21,23).